The SMILES string of the molecule is COc1ccc(CNC(=O)CCc2ccc([C@@H]3C[C@@H]3C)o2)cc1. The Hall–Kier alpha value is -2.23. The lowest BCUT2D eigenvalue weighted by Crippen LogP contribution is -2.22. The number of carbonyl (C=O) groups excluding carboxylic acids is 1. The van der Waals surface area contributed by atoms with E-state index in [1.165, 1.54) is 6.42 Å². The molecule has 1 fully saturated rings. The third-order valence-electron chi connectivity index (χ3n) is 4.40. The van der Waals surface area contributed by atoms with Crippen molar-refractivity contribution in [2.45, 2.75) is 38.6 Å². The summed E-state index contributed by atoms with van der Waals surface area (Å²) in [6.45, 7) is 2.77. The number of nitrogens with one attached hydrogen (secondary N) is 1. The van der Waals surface area contributed by atoms with Gasteiger partial charge in [0.25, 0.3) is 0 Å². The van der Waals surface area contributed by atoms with Crippen molar-refractivity contribution in [1.82, 2.24) is 5.32 Å². The number of amides is 1. The van der Waals surface area contributed by atoms with E-state index in [-0.39, 0.29) is 5.91 Å². The minimum Gasteiger partial charge on any atom is -0.497 e. The molecule has 1 aliphatic rings. The van der Waals surface area contributed by atoms with Gasteiger partial charge < -0.3 is 14.5 Å². The van der Waals surface area contributed by atoms with Crippen LogP contribution in [0.25, 0.3) is 0 Å². The van der Waals surface area contributed by atoms with Gasteiger partial charge in [-0.05, 0) is 42.2 Å². The van der Waals surface area contributed by atoms with Crippen LogP contribution >= 0.6 is 0 Å². The van der Waals surface area contributed by atoms with Crippen LogP contribution in [0.5, 0.6) is 5.75 Å². The van der Waals surface area contributed by atoms with Crippen molar-refractivity contribution in [2.24, 2.45) is 5.92 Å². The standard InChI is InChI=1S/C19H23NO3/c1-13-11-17(13)18-9-7-16(23-18)8-10-19(21)20-12-14-3-5-15(22-2)6-4-14/h3-7,9,13,17H,8,10-12H2,1-2H3,(H,20,21)/t13-,17+/m0/s1. The van der Waals surface area contributed by atoms with Gasteiger partial charge in [-0.15, -0.1) is 0 Å². The van der Waals surface area contributed by atoms with Crippen LogP contribution < -0.4 is 10.1 Å². The molecular formula is C19H23NO3. The Kier molecular flexibility index (Phi) is 4.70. The topological polar surface area (TPSA) is 51.5 Å². The number of furan rings is 1. The van der Waals surface area contributed by atoms with Crippen LogP contribution in [0.15, 0.2) is 40.8 Å². The minimum atomic E-state index is 0.0403. The molecule has 1 N–H and O–H groups in total. The summed E-state index contributed by atoms with van der Waals surface area (Å²) in [7, 11) is 1.64. The maximum atomic E-state index is 11.9. The molecule has 1 heterocycles. The van der Waals surface area contributed by atoms with Gasteiger partial charge in [0.15, 0.2) is 0 Å². The summed E-state index contributed by atoms with van der Waals surface area (Å²) >= 11 is 0. The summed E-state index contributed by atoms with van der Waals surface area (Å²) in [5.74, 6) is 4.16. The highest BCUT2D eigenvalue weighted by atomic mass is 16.5. The fourth-order valence-corrected chi connectivity index (χ4v) is 2.72. The molecule has 0 radical (unpaired) electrons. The van der Waals surface area contributed by atoms with Crippen molar-refractivity contribution < 1.29 is 13.9 Å². The average molecular weight is 313 g/mol. The second-order valence-electron chi connectivity index (χ2n) is 6.25. The molecule has 122 valence electrons. The van der Waals surface area contributed by atoms with Gasteiger partial charge >= 0.3 is 0 Å². The van der Waals surface area contributed by atoms with Gasteiger partial charge in [0.05, 0.1) is 7.11 Å². The molecule has 1 amide bonds. The number of hydrogen-bond donors (Lipinski definition) is 1. The van der Waals surface area contributed by atoms with E-state index in [0.717, 1.165) is 28.8 Å². The van der Waals surface area contributed by atoms with E-state index in [1.54, 1.807) is 7.11 Å². The molecule has 0 unspecified atom stereocenters. The number of aryl methyl sites for hydroxylation is 1. The Balaban J connectivity index is 1.41. The smallest absolute Gasteiger partial charge is 0.220 e. The van der Waals surface area contributed by atoms with Gasteiger partial charge in [0.1, 0.15) is 17.3 Å². The third-order valence-corrected chi connectivity index (χ3v) is 4.40. The number of hydrogen-bond acceptors (Lipinski definition) is 3. The van der Waals surface area contributed by atoms with E-state index in [4.69, 9.17) is 9.15 Å². The first kappa shape index (κ1) is 15.7. The molecule has 0 aliphatic heterocycles. The molecule has 0 saturated heterocycles. The predicted molar refractivity (Wildman–Crippen MR) is 88.4 cm³/mol. The molecule has 2 aromatic rings. The van der Waals surface area contributed by atoms with Crippen LogP contribution in [-0.4, -0.2) is 13.0 Å². The van der Waals surface area contributed by atoms with Gasteiger partial charge in [-0.3, -0.25) is 4.79 Å². The molecule has 1 saturated carbocycles. The van der Waals surface area contributed by atoms with E-state index >= 15 is 0 Å². The van der Waals surface area contributed by atoms with Gasteiger partial charge in [-0.1, -0.05) is 19.1 Å². The van der Waals surface area contributed by atoms with E-state index < -0.39 is 0 Å². The number of benzene rings is 1. The largest absolute Gasteiger partial charge is 0.497 e. The van der Waals surface area contributed by atoms with Crippen molar-refractivity contribution in [1.29, 1.82) is 0 Å². The van der Waals surface area contributed by atoms with Crippen LogP contribution in [0.3, 0.4) is 0 Å². The van der Waals surface area contributed by atoms with Gasteiger partial charge in [0.2, 0.25) is 5.91 Å². The summed E-state index contributed by atoms with van der Waals surface area (Å²) < 4.78 is 10.9. The van der Waals surface area contributed by atoms with E-state index in [9.17, 15) is 4.79 Å². The lowest BCUT2D eigenvalue weighted by molar-refractivity contribution is -0.121. The van der Waals surface area contributed by atoms with Crippen LogP contribution in [0, 0.1) is 5.92 Å². The van der Waals surface area contributed by atoms with Crippen molar-refractivity contribution in [2.75, 3.05) is 7.11 Å². The van der Waals surface area contributed by atoms with Crippen LogP contribution in [0.2, 0.25) is 0 Å². The molecule has 1 aromatic carbocycles. The second kappa shape index (κ2) is 6.90. The molecule has 3 rings (SSSR count). The zero-order valence-corrected chi connectivity index (χ0v) is 13.7. The fraction of sp³-hybridized carbons (Fsp3) is 0.421. The molecule has 0 spiro atoms. The zero-order chi connectivity index (χ0) is 16.2. The summed E-state index contributed by atoms with van der Waals surface area (Å²) in [5, 5.41) is 2.93. The quantitative estimate of drug-likeness (QED) is 0.848. The van der Waals surface area contributed by atoms with Gasteiger partial charge in [0, 0.05) is 25.3 Å². The molecule has 1 aliphatic carbocycles. The van der Waals surface area contributed by atoms with E-state index in [1.807, 2.05) is 30.3 Å². The molecule has 4 heteroatoms. The lowest BCUT2D eigenvalue weighted by atomic mass is 10.2. The minimum absolute atomic E-state index is 0.0403. The normalized spacial score (nSPS) is 19.4. The Bertz CT molecular complexity index is 660. The van der Waals surface area contributed by atoms with Crippen LogP contribution in [0.1, 0.15) is 42.8 Å². The fourth-order valence-electron chi connectivity index (χ4n) is 2.72. The monoisotopic (exact) mass is 313 g/mol. The summed E-state index contributed by atoms with van der Waals surface area (Å²) in [6.07, 6.45) is 2.31. The molecule has 4 nitrogen and oxygen atoms in total. The first-order valence-electron chi connectivity index (χ1n) is 8.14. The lowest BCUT2D eigenvalue weighted by Gasteiger charge is -2.06. The highest BCUT2D eigenvalue weighted by molar-refractivity contribution is 5.76. The molecular weight excluding hydrogens is 290 g/mol. The second-order valence-corrected chi connectivity index (χ2v) is 6.25. The first-order valence-corrected chi connectivity index (χ1v) is 8.14. The first-order chi connectivity index (χ1) is 11.2. The van der Waals surface area contributed by atoms with Gasteiger partial charge in [-0.2, -0.15) is 0 Å². The number of rotatable bonds is 7. The summed E-state index contributed by atoms with van der Waals surface area (Å²) in [5.41, 5.74) is 1.06. The Morgan fingerprint density at radius 1 is 1.26 bits per heavy atom. The molecule has 0 bridgehead atoms. The van der Waals surface area contributed by atoms with Crippen molar-refractivity contribution in [3.05, 3.63) is 53.5 Å². The van der Waals surface area contributed by atoms with Crippen LogP contribution in [0.4, 0.5) is 0 Å². The maximum Gasteiger partial charge on any atom is 0.220 e. The maximum absolute atomic E-state index is 11.9. The Morgan fingerprint density at radius 3 is 2.65 bits per heavy atom. The summed E-state index contributed by atoms with van der Waals surface area (Å²) in [6, 6.07) is 11.7. The van der Waals surface area contributed by atoms with E-state index in [0.29, 0.717) is 25.3 Å². The number of ether oxygens (including phenoxy) is 1. The number of carbonyl (C=O) groups is 1. The summed E-state index contributed by atoms with van der Waals surface area (Å²) in [4.78, 5) is 11.9. The highest BCUT2D eigenvalue weighted by Gasteiger charge is 2.36. The number of methoxy groups -OCH3 is 1. The van der Waals surface area contributed by atoms with Crippen molar-refractivity contribution in [3.63, 3.8) is 0 Å². The molecule has 1 aromatic heterocycles. The van der Waals surface area contributed by atoms with Gasteiger partial charge in [-0.25, -0.2) is 0 Å². The Labute approximate surface area is 136 Å². The van der Waals surface area contributed by atoms with Crippen LogP contribution in [-0.2, 0) is 17.8 Å². The van der Waals surface area contributed by atoms with Crippen molar-refractivity contribution >= 4 is 5.91 Å². The van der Waals surface area contributed by atoms with E-state index in [2.05, 4.69) is 18.3 Å². The third kappa shape index (κ3) is 4.15. The Morgan fingerprint density at radius 2 is 2.00 bits per heavy atom. The molecule has 23 heavy (non-hydrogen) atoms. The zero-order valence-electron chi connectivity index (χ0n) is 13.7. The predicted octanol–water partition coefficient (Wildman–Crippen LogP) is 3.66. The highest BCUT2D eigenvalue weighted by Crippen LogP contribution is 2.47. The average Bonchev–Trinajstić information content (AvgIpc) is 3.12. The molecule has 2 atom stereocenters. The van der Waals surface area contributed by atoms with Crippen molar-refractivity contribution in [3.8, 4) is 5.75 Å².